The van der Waals surface area contributed by atoms with Gasteiger partial charge in [-0.15, -0.1) is 5.10 Å². The van der Waals surface area contributed by atoms with Crippen molar-refractivity contribution in [3.05, 3.63) is 48.0 Å². The number of carbonyl (C=O) groups is 2. The summed E-state index contributed by atoms with van der Waals surface area (Å²) in [7, 11) is 1.60. The number of ether oxygens (including phenoxy) is 1. The van der Waals surface area contributed by atoms with Crippen LogP contribution in [0.1, 0.15) is 41.6 Å². The van der Waals surface area contributed by atoms with Crippen LogP contribution < -0.4 is 5.32 Å². The fourth-order valence-electron chi connectivity index (χ4n) is 2.63. The number of carbonyl (C=O) groups excluding carboxylic acids is 2. The normalized spacial score (nSPS) is 11.7. The third-order valence-electron chi connectivity index (χ3n) is 4.09. The number of pyridine rings is 1. The van der Waals surface area contributed by atoms with Crippen LogP contribution in [0.3, 0.4) is 0 Å². The van der Waals surface area contributed by atoms with Crippen LogP contribution in [0.25, 0.3) is 5.52 Å². The van der Waals surface area contributed by atoms with E-state index in [1.54, 1.807) is 36.4 Å². The Morgan fingerprint density at radius 2 is 1.96 bits per heavy atom. The van der Waals surface area contributed by atoms with Crippen LogP contribution in [-0.4, -0.2) is 44.8 Å². The van der Waals surface area contributed by atoms with Crippen LogP contribution in [0.4, 0.5) is 5.69 Å². The minimum Gasteiger partial charge on any atom is -0.383 e. The molecule has 3 heterocycles. The van der Waals surface area contributed by atoms with Crippen LogP contribution >= 0.6 is 0 Å². The zero-order chi connectivity index (χ0) is 19.6. The Morgan fingerprint density at radius 3 is 2.67 bits per heavy atom. The number of hydrogen-bond acceptors (Lipinski definition) is 5. The molecule has 0 unspecified atom stereocenters. The van der Waals surface area contributed by atoms with Crippen LogP contribution in [-0.2, 0) is 11.3 Å². The number of amides is 1. The molecule has 0 fully saturated rings. The smallest absolute Gasteiger partial charge is 0.277 e. The molecule has 0 spiro atoms. The average Bonchev–Trinajstić information content (AvgIpc) is 3.24. The molecule has 8 heteroatoms. The van der Waals surface area contributed by atoms with Crippen molar-refractivity contribution >= 4 is 22.9 Å². The van der Waals surface area contributed by atoms with E-state index in [1.807, 2.05) is 37.3 Å². The van der Waals surface area contributed by atoms with E-state index in [0.717, 1.165) is 5.52 Å². The molecule has 0 bridgehead atoms. The number of methoxy groups -OCH3 is 1. The first kappa shape index (κ1) is 18.8. The molecule has 0 saturated heterocycles. The largest absolute Gasteiger partial charge is 0.383 e. The molecular formula is C19H23N5O3. The van der Waals surface area contributed by atoms with Gasteiger partial charge >= 0.3 is 0 Å². The second kappa shape index (κ2) is 7.32. The highest BCUT2D eigenvalue weighted by molar-refractivity contribution is 6.03. The number of hydrogen-bond donors (Lipinski definition) is 1. The van der Waals surface area contributed by atoms with Crippen LogP contribution in [0.5, 0.6) is 0 Å². The van der Waals surface area contributed by atoms with Gasteiger partial charge in [0.05, 0.1) is 25.0 Å². The number of Topliss-reactive ketones (excluding diaryl/α,β-unsaturated/α-hetero) is 1. The highest BCUT2D eigenvalue weighted by atomic mass is 16.5. The number of fused-ring (bicyclic) bond motifs is 1. The zero-order valence-electron chi connectivity index (χ0n) is 15.9. The summed E-state index contributed by atoms with van der Waals surface area (Å²) in [4.78, 5) is 24.8. The van der Waals surface area contributed by atoms with Crippen molar-refractivity contribution in [1.82, 2.24) is 19.4 Å². The topological polar surface area (TPSA) is 90.5 Å². The zero-order valence-corrected chi connectivity index (χ0v) is 15.9. The Balaban J connectivity index is 1.76. The van der Waals surface area contributed by atoms with Crippen molar-refractivity contribution < 1.29 is 14.3 Å². The number of aromatic nitrogens is 4. The number of rotatable bonds is 6. The quantitative estimate of drug-likeness (QED) is 0.675. The van der Waals surface area contributed by atoms with Gasteiger partial charge in [0.2, 0.25) is 0 Å². The summed E-state index contributed by atoms with van der Waals surface area (Å²) in [5.41, 5.74) is 1.90. The average molecular weight is 369 g/mol. The number of nitrogens with one attached hydrogen (secondary N) is 1. The summed E-state index contributed by atoms with van der Waals surface area (Å²) in [5.74, 6) is -0.277. The van der Waals surface area contributed by atoms with E-state index < -0.39 is 5.41 Å². The fourth-order valence-corrected chi connectivity index (χ4v) is 2.63. The predicted molar refractivity (Wildman–Crippen MR) is 101 cm³/mol. The lowest BCUT2D eigenvalue weighted by atomic mass is 9.87. The predicted octanol–water partition coefficient (Wildman–Crippen LogP) is 2.66. The molecule has 0 aromatic carbocycles. The van der Waals surface area contributed by atoms with E-state index in [0.29, 0.717) is 24.4 Å². The second-order valence-electron chi connectivity index (χ2n) is 7.37. The van der Waals surface area contributed by atoms with Gasteiger partial charge in [-0.05, 0) is 18.2 Å². The van der Waals surface area contributed by atoms with Gasteiger partial charge in [-0.1, -0.05) is 26.0 Å². The molecule has 3 rings (SSSR count). The molecule has 1 N–H and O–H groups in total. The number of anilines is 1. The highest BCUT2D eigenvalue weighted by Crippen LogP contribution is 2.23. The van der Waals surface area contributed by atoms with Crippen LogP contribution in [0, 0.1) is 5.41 Å². The Bertz CT molecular complexity index is 981. The van der Waals surface area contributed by atoms with E-state index >= 15 is 0 Å². The van der Waals surface area contributed by atoms with Crippen molar-refractivity contribution in [1.29, 1.82) is 0 Å². The lowest BCUT2D eigenvalue weighted by molar-refractivity contribution is 0.0858. The molecule has 0 aliphatic heterocycles. The first-order valence-corrected chi connectivity index (χ1v) is 8.65. The summed E-state index contributed by atoms with van der Waals surface area (Å²) in [6, 6.07) is 5.49. The van der Waals surface area contributed by atoms with E-state index in [-0.39, 0.29) is 17.4 Å². The molecule has 0 aliphatic rings. The number of ketones is 1. The Morgan fingerprint density at radius 1 is 1.19 bits per heavy atom. The maximum absolute atomic E-state index is 12.5. The van der Waals surface area contributed by atoms with E-state index in [4.69, 9.17) is 4.74 Å². The summed E-state index contributed by atoms with van der Waals surface area (Å²) in [6.45, 7) is 6.69. The summed E-state index contributed by atoms with van der Waals surface area (Å²) in [5, 5.41) is 10.6. The van der Waals surface area contributed by atoms with Crippen molar-refractivity contribution in [3.8, 4) is 0 Å². The van der Waals surface area contributed by atoms with Crippen molar-refractivity contribution in [2.45, 2.75) is 27.3 Å². The van der Waals surface area contributed by atoms with Crippen molar-refractivity contribution in [3.63, 3.8) is 0 Å². The first-order chi connectivity index (χ1) is 12.8. The van der Waals surface area contributed by atoms with Gasteiger partial charge in [0.1, 0.15) is 0 Å². The summed E-state index contributed by atoms with van der Waals surface area (Å²) in [6.07, 6.45) is 5.12. The lowest BCUT2D eigenvalue weighted by Crippen LogP contribution is -2.19. The monoisotopic (exact) mass is 369 g/mol. The molecule has 0 radical (unpaired) electrons. The summed E-state index contributed by atoms with van der Waals surface area (Å²) >= 11 is 0. The van der Waals surface area contributed by atoms with Gasteiger partial charge in [-0.25, -0.2) is 4.68 Å². The van der Waals surface area contributed by atoms with Crippen LogP contribution in [0.2, 0.25) is 0 Å². The fraction of sp³-hybridized carbons (Fsp3) is 0.368. The molecule has 27 heavy (non-hydrogen) atoms. The summed E-state index contributed by atoms with van der Waals surface area (Å²) < 4.78 is 8.35. The molecule has 142 valence electrons. The van der Waals surface area contributed by atoms with E-state index in [9.17, 15) is 9.59 Å². The van der Waals surface area contributed by atoms with E-state index in [1.165, 1.54) is 0 Å². The first-order valence-electron chi connectivity index (χ1n) is 8.65. The second-order valence-corrected chi connectivity index (χ2v) is 7.37. The minimum atomic E-state index is -0.448. The van der Waals surface area contributed by atoms with Crippen LogP contribution in [0.15, 0.2) is 36.8 Å². The molecule has 1 amide bonds. The number of nitrogens with zero attached hydrogens (tertiary/aromatic N) is 4. The Labute approximate surface area is 157 Å². The molecule has 0 saturated carbocycles. The molecule has 3 aromatic rings. The molecule has 0 atom stereocenters. The van der Waals surface area contributed by atoms with E-state index in [2.05, 4.69) is 15.6 Å². The molecule has 8 nitrogen and oxygen atoms in total. The minimum absolute atomic E-state index is 0.0736. The highest BCUT2D eigenvalue weighted by Gasteiger charge is 2.24. The van der Waals surface area contributed by atoms with Crippen molar-refractivity contribution in [2.24, 2.45) is 5.41 Å². The van der Waals surface area contributed by atoms with Gasteiger partial charge in [0, 0.05) is 36.0 Å². The molecular weight excluding hydrogens is 346 g/mol. The molecule has 3 aromatic heterocycles. The maximum Gasteiger partial charge on any atom is 0.277 e. The SMILES string of the molecule is COCCn1cc(C(=O)Nc2ccc3cc(C(=O)C(C)(C)C)cn3c2)nn1. The molecule has 0 aliphatic carbocycles. The third-order valence-corrected chi connectivity index (χ3v) is 4.09. The van der Waals surface area contributed by atoms with Gasteiger partial charge in [0.25, 0.3) is 5.91 Å². The van der Waals surface area contributed by atoms with Gasteiger partial charge in [0.15, 0.2) is 11.5 Å². The van der Waals surface area contributed by atoms with Crippen molar-refractivity contribution in [2.75, 3.05) is 19.0 Å². The van der Waals surface area contributed by atoms with Gasteiger partial charge in [-0.3, -0.25) is 9.59 Å². The Hall–Kier alpha value is -3.00. The van der Waals surface area contributed by atoms with Gasteiger partial charge < -0.3 is 14.5 Å². The lowest BCUT2D eigenvalue weighted by Gasteiger charge is -2.14. The standard InChI is InChI=1S/C19H23N5O3/c1-19(2,3)17(25)13-9-15-6-5-14(11-23(15)10-13)20-18(26)16-12-24(22-21-16)7-8-27-4/h5-6,9-12H,7-8H2,1-4H3,(H,20,26). The Kier molecular flexibility index (Phi) is 5.09. The third kappa shape index (κ3) is 4.22. The maximum atomic E-state index is 12.5. The van der Waals surface area contributed by atoms with Gasteiger partial charge in [-0.2, -0.15) is 0 Å².